The molecule has 0 spiro atoms. The van der Waals surface area contributed by atoms with E-state index in [2.05, 4.69) is 15.9 Å². The highest BCUT2D eigenvalue weighted by Crippen LogP contribution is 2.45. The first-order valence-electron chi connectivity index (χ1n) is 4.95. The number of benzene rings is 1. The Kier molecular flexibility index (Phi) is 3.55. The summed E-state index contributed by atoms with van der Waals surface area (Å²) in [6.45, 7) is 1.91. The Morgan fingerprint density at radius 1 is 1.62 bits per heavy atom. The first-order chi connectivity index (χ1) is 7.47. The molecule has 5 heteroatoms. The van der Waals surface area contributed by atoms with E-state index in [0.29, 0.717) is 16.5 Å². The first kappa shape index (κ1) is 12.7. The average molecular weight is 326 g/mol. The van der Waals surface area contributed by atoms with Crippen LogP contribution in [0, 0.1) is 5.82 Å². The van der Waals surface area contributed by atoms with Crippen LogP contribution in [0.4, 0.5) is 4.39 Å². The Morgan fingerprint density at radius 3 is 2.88 bits per heavy atom. The Bertz CT molecular complexity index is 429. The summed E-state index contributed by atoms with van der Waals surface area (Å²) in [5, 5.41) is 10.5. The molecule has 1 aliphatic heterocycles. The minimum Gasteiger partial charge on any atom is -0.384 e. The molecular formula is C11H11BrClFOS. The van der Waals surface area contributed by atoms with Gasteiger partial charge in [0.15, 0.2) is 0 Å². The van der Waals surface area contributed by atoms with Crippen molar-refractivity contribution in [2.24, 2.45) is 0 Å². The Morgan fingerprint density at radius 2 is 2.31 bits per heavy atom. The summed E-state index contributed by atoms with van der Waals surface area (Å²) in [6, 6.07) is 3.28. The standard InChI is InChI=1S/C11H11BrClFOS/c1-6-11(15,4-5-16-6)7-2-3-8(12)9(13)10(7)14/h2-3,6,15H,4-5H2,1H3. The third-order valence-corrected chi connectivity index (χ3v) is 5.61. The van der Waals surface area contributed by atoms with Gasteiger partial charge in [-0.05, 0) is 34.2 Å². The van der Waals surface area contributed by atoms with Gasteiger partial charge in [0, 0.05) is 15.3 Å². The molecule has 1 saturated heterocycles. The van der Waals surface area contributed by atoms with E-state index in [1.165, 1.54) is 0 Å². The predicted octanol–water partition coefficient (Wildman–Crippen LogP) is 3.95. The molecule has 0 aliphatic carbocycles. The van der Waals surface area contributed by atoms with E-state index in [1.54, 1.807) is 23.9 Å². The first-order valence-corrected chi connectivity index (χ1v) is 7.16. The molecule has 2 atom stereocenters. The number of hydrogen-bond donors (Lipinski definition) is 1. The van der Waals surface area contributed by atoms with Crippen LogP contribution in [0.5, 0.6) is 0 Å². The van der Waals surface area contributed by atoms with Crippen LogP contribution in [-0.2, 0) is 5.60 Å². The summed E-state index contributed by atoms with van der Waals surface area (Å²) in [6.07, 6.45) is 0.563. The fourth-order valence-corrected chi connectivity index (χ4v) is 3.72. The number of halogens is 3. The van der Waals surface area contributed by atoms with Crippen LogP contribution in [-0.4, -0.2) is 16.1 Å². The zero-order chi connectivity index (χ0) is 11.9. The molecule has 1 aromatic carbocycles. The molecule has 1 nitrogen and oxygen atoms in total. The zero-order valence-electron chi connectivity index (χ0n) is 8.64. The lowest BCUT2D eigenvalue weighted by molar-refractivity contribution is 0.0390. The number of rotatable bonds is 1. The second-order valence-corrected chi connectivity index (χ2v) is 6.59. The highest BCUT2D eigenvalue weighted by molar-refractivity contribution is 9.10. The predicted molar refractivity (Wildman–Crippen MR) is 69.5 cm³/mol. The molecular weight excluding hydrogens is 315 g/mol. The molecule has 1 heterocycles. The summed E-state index contributed by atoms with van der Waals surface area (Å²) in [7, 11) is 0. The molecule has 0 radical (unpaired) electrons. The highest BCUT2D eigenvalue weighted by Gasteiger charge is 2.42. The molecule has 0 amide bonds. The van der Waals surface area contributed by atoms with Crippen molar-refractivity contribution in [2.75, 3.05) is 5.75 Å². The van der Waals surface area contributed by atoms with Gasteiger partial charge in [-0.3, -0.25) is 0 Å². The normalized spacial score (nSPS) is 29.7. The van der Waals surface area contributed by atoms with E-state index in [-0.39, 0.29) is 10.3 Å². The van der Waals surface area contributed by atoms with Crippen molar-refractivity contribution < 1.29 is 9.50 Å². The fraction of sp³-hybridized carbons (Fsp3) is 0.455. The van der Waals surface area contributed by atoms with Crippen LogP contribution in [0.3, 0.4) is 0 Å². The van der Waals surface area contributed by atoms with Gasteiger partial charge >= 0.3 is 0 Å². The minimum atomic E-state index is -1.10. The molecule has 88 valence electrons. The van der Waals surface area contributed by atoms with E-state index in [0.717, 1.165) is 5.75 Å². The molecule has 2 unspecified atom stereocenters. The summed E-state index contributed by atoms with van der Waals surface area (Å²) in [4.78, 5) is 0. The van der Waals surface area contributed by atoms with Crippen molar-refractivity contribution >= 4 is 39.3 Å². The van der Waals surface area contributed by atoms with E-state index < -0.39 is 11.4 Å². The number of thioether (sulfide) groups is 1. The maximum absolute atomic E-state index is 14.0. The Balaban J connectivity index is 2.52. The highest BCUT2D eigenvalue weighted by atomic mass is 79.9. The molecule has 16 heavy (non-hydrogen) atoms. The second-order valence-electron chi connectivity index (χ2n) is 3.91. The summed E-state index contributed by atoms with van der Waals surface area (Å²) in [5.41, 5.74) is -0.794. The van der Waals surface area contributed by atoms with E-state index in [1.807, 2.05) is 6.92 Å². The molecule has 1 fully saturated rings. The largest absolute Gasteiger partial charge is 0.384 e. The monoisotopic (exact) mass is 324 g/mol. The van der Waals surface area contributed by atoms with Crippen molar-refractivity contribution in [3.8, 4) is 0 Å². The zero-order valence-corrected chi connectivity index (χ0v) is 11.8. The van der Waals surface area contributed by atoms with Crippen molar-refractivity contribution in [3.63, 3.8) is 0 Å². The topological polar surface area (TPSA) is 20.2 Å². The molecule has 0 aromatic heterocycles. The summed E-state index contributed by atoms with van der Waals surface area (Å²) < 4.78 is 14.5. The SMILES string of the molecule is CC1SCCC1(O)c1ccc(Br)c(Cl)c1F. The fourth-order valence-electron chi connectivity index (χ4n) is 1.95. The van der Waals surface area contributed by atoms with Crippen LogP contribution in [0.2, 0.25) is 5.02 Å². The van der Waals surface area contributed by atoms with Crippen LogP contribution >= 0.6 is 39.3 Å². The Hall–Kier alpha value is 0.230. The van der Waals surface area contributed by atoms with Gasteiger partial charge in [0.2, 0.25) is 0 Å². The lowest BCUT2D eigenvalue weighted by Gasteiger charge is -2.28. The lowest BCUT2D eigenvalue weighted by Crippen LogP contribution is -2.32. The smallest absolute Gasteiger partial charge is 0.149 e. The van der Waals surface area contributed by atoms with Crippen molar-refractivity contribution in [1.29, 1.82) is 0 Å². The van der Waals surface area contributed by atoms with Gasteiger partial charge in [-0.2, -0.15) is 11.8 Å². The second kappa shape index (κ2) is 4.48. The van der Waals surface area contributed by atoms with Gasteiger partial charge in [0.05, 0.1) is 5.02 Å². The van der Waals surface area contributed by atoms with Crippen molar-refractivity contribution in [3.05, 3.63) is 33.0 Å². The van der Waals surface area contributed by atoms with Crippen LogP contribution in [0.25, 0.3) is 0 Å². The van der Waals surface area contributed by atoms with Crippen molar-refractivity contribution in [2.45, 2.75) is 24.2 Å². The van der Waals surface area contributed by atoms with Crippen LogP contribution in [0.1, 0.15) is 18.9 Å². The maximum Gasteiger partial charge on any atom is 0.149 e. The van der Waals surface area contributed by atoms with Gasteiger partial charge in [-0.25, -0.2) is 4.39 Å². The number of aliphatic hydroxyl groups is 1. The van der Waals surface area contributed by atoms with E-state index >= 15 is 0 Å². The van der Waals surface area contributed by atoms with Gasteiger partial charge in [0.25, 0.3) is 0 Å². The summed E-state index contributed by atoms with van der Waals surface area (Å²) >= 11 is 10.6. The average Bonchev–Trinajstić information content (AvgIpc) is 2.57. The summed E-state index contributed by atoms with van der Waals surface area (Å²) in [5.74, 6) is 0.318. The third-order valence-electron chi connectivity index (χ3n) is 3.03. The molecule has 1 aliphatic rings. The molecule has 2 rings (SSSR count). The van der Waals surface area contributed by atoms with Gasteiger partial charge in [-0.15, -0.1) is 0 Å². The van der Waals surface area contributed by atoms with Gasteiger partial charge in [0.1, 0.15) is 11.4 Å². The molecule has 1 N–H and O–H groups in total. The van der Waals surface area contributed by atoms with E-state index in [4.69, 9.17) is 11.6 Å². The maximum atomic E-state index is 14.0. The van der Waals surface area contributed by atoms with Crippen molar-refractivity contribution in [1.82, 2.24) is 0 Å². The van der Waals surface area contributed by atoms with Crippen LogP contribution < -0.4 is 0 Å². The number of hydrogen-bond acceptors (Lipinski definition) is 2. The Labute approximate surface area is 112 Å². The van der Waals surface area contributed by atoms with Gasteiger partial charge < -0.3 is 5.11 Å². The molecule has 0 bridgehead atoms. The molecule has 1 aromatic rings. The molecule has 0 saturated carbocycles. The van der Waals surface area contributed by atoms with Gasteiger partial charge in [-0.1, -0.05) is 24.6 Å². The third kappa shape index (κ3) is 1.90. The minimum absolute atomic E-state index is 0.0146. The van der Waals surface area contributed by atoms with Crippen LogP contribution in [0.15, 0.2) is 16.6 Å². The quantitative estimate of drug-likeness (QED) is 0.789. The lowest BCUT2D eigenvalue weighted by atomic mass is 9.88. The van der Waals surface area contributed by atoms with E-state index in [9.17, 15) is 9.50 Å².